The van der Waals surface area contributed by atoms with E-state index in [0.29, 0.717) is 13.2 Å². The van der Waals surface area contributed by atoms with Gasteiger partial charge in [-0.3, -0.25) is 4.79 Å². The van der Waals surface area contributed by atoms with Gasteiger partial charge in [-0.05, 0) is 12.5 Å². The molecular formula is C11H16ClNO2. The summed E-state index contributed by atoms with van der Waals surface area (Å²) < 4.78 is 4.97. The summed E-state index contributed by atoms with van der Waals surface area (Å²) in [4.78, 5) is 11.5. The van der Waals surface area contributed by atoms with E-state index in [0.717, 1.165) is 5.56 Å². The number of halogens is 1. The van der Waals surface area contributed by atoms with E-state index in [4.69, 9.17) is 4.74 Å². The lowest BCUT2D eigenvalue weighted by atomic mass is 10.00. The van der Waals surface area contributed by atoms with E-state index in [-0.39, 0.29) is 24.3 Å². The molecule has 0 aliphatic rings. The molecule has 1 rings (SSSR count). The zero-order valence-corrected chi connectivity index (χ0v) is 9.54. The third-order valence-electron chi connectivity index (χ3n) is 2.06. The zero-order chi connectivity index (χ0) is 10.4. The summed E-state index contributed by atoms with van der Waals surface area (Å²) in [5.74, 6) is -0.412. The maximum absolute atomic E-state index is 11.5. The van der Waals surface area contributed by atoms with Crippen LogP contribution in [0.4, 0.5) is 0 Å². The van der Waals surface area contributed by atoms with E-state index in [9.17, 15) is 4.79 Å². The molecule has 1 aromatic carbocycles. The summed E-state index contributed by atoms with van der Waals surface area (Å²) in [5, 5.41) is 0. The van der Waals surface area contributed by atoms with Gasteiger partial charge in [-0.25, -0.2) is 0 Å². The minimum absolute atomic E-state index is 0. The molecule has 1 atom stereocenters. The molecule has 15 heavy (non-hydrogen) atoms. The second-order valence-corrected chi connectivity index (χ2v) is 3.00. The quantitative estimate of drug-likeness (QED) is 0.585. The number of esters is 1. The second kappa shape index (κ2) is 7.26. The van der Waals surface area contributed by atoms with E-state index in [2.05, 4.69) is 5.73 Å². The van der Waals surface area contributed by atoms with Crippen molar-refractivity contribution in [3.05, 3.63) is 35.9 Å². The first-order chi connectivity index (χ1) is 6.79. The van der Waals surface area contributed by atoms with Crippen LogP contribution in [0.25, 0.3) is 0 Å². The molecule has 0 aromatic heterocycles. The average molecular weight is 230 g/mol. The van der Waals surface area contributed by atoms with Crippen molar-refractivity contribution in [2.75, 3.05) is 13.2 Å². The van der Waals surface area contributed by atoms with E-state index < -0.39 is 0 Å². The lowest BCUT2D eigenvalue weighted by Gasteiger charge is -2.11. The second-order valence-electron chi connectivity index (χ2n) is 3.00. The number of hydrogen-bond acceptors (Lipinski definition) is 2. The lowest BCUT2D eigenvalue weighted by molar-refractivity contribution is -0.370. The first-order valence-electron chi connectivity index (χ1n) is 4.80. The van der Waals surface area contributed by atoms with Crippen molar-refractivity contribution in [1.29, 1.82) is 0 Å². The summed E-state index contributed by atoms with van der Waals surface area (Å²) in [6, 6.07) is 9.60. The predicted molar refractivity (Wildman–Crippen MR) is 53.6 cm³/mol. The summed E-state index contributed by atoms with van der Waals surface area (Å²) >= 11 is 0. The number of carbonyl (C=O) groups excluding carboxylic acids is 1. The first-order valence-corrected chi connectivity index (χ1v) is 4.80. The Labute approximate surface area is 96.0 Å². The van der Waals surface area contributed by atoms with Gasteiger partial charge in [-0.15, -0.1) is 0 Å². The van der Waals surface area contributed by atoms with Crippen LogP contribution in [0.5, 0.6) is 0 Å². The molecule has 0 spiro atoms. The molecule has 0 saturated carbocycles. The number of ether oxygens (including phenoxy) is 1. The normalized spacial score (nSPS) is 11.3. The van der Waals surface area contributed by atoms with Gasteiger partial charge < -0.3 is 22.9 Å². The van der Waals surface area contributed by atoms with Gasteiger partial charge in [0.05, 0.1) is 13.2 Å². The van der Waals surface area contributed by atoms with Crippen molar-refractivity contribution >= 4 is 5.97 Å². The SMILES string of the molecule is CCOC(=O)C(C[NH3+])c1ccccc1.[Cl-]. The van der Waals surface area contributed by atoms with Crippen LogP contribution in [0.15, 0.2) is 30.3 Å². The van der Waals surface area contributed by atoms with Crippen LogP contribution >= 0.6 is 0 Å². The molecule has 84 valence electrons. The van der Waals surface area contributed by atoms with Crippen molar-refractivity contribution in [3.8, 4) is 0 Å². The topological polar surface area (TPSA) is 53.9 Å². The number of hydrogen-bond donors (Lipinski definition) is 1. The van der Waals surface area contributed by atoms with E-state index in [1.807, 2.05) is 37.3 Å². The van der Waals surface area contributed by atoms with Crippen molar-refractivity contribution < 1.29 is 27.7 Å². The molecule has 4 heteroatoms. The van der Waals surface area contributed by atoms with Crippen LogP contribution in [0.1, 0.15) is 18.4 Å². The number of quaternary nitrogens is 1. The molecule has 3 N–H and O–H groups in total. The average Bonchev–Trinajstić information content (AvgIpc) is 2.21. The molecule has 0 saturated heterocycles. The van der Waals surface area contributed by atoms with Crippen LogP contribution in [0, 0.1) is 0 Å². The smallest absolute Gasteiger partial charge is 0.319 e. The standard InChI is InChI=1S/C11H15NO2.ClH/c1-2-14-11(13)10(8-12)9-6-4-3-5-7-9;/h3-7,10H,2,8,12H2,1H3;1H. The lowest BCUT2D eigenvalue weighted by Crippen LogP contribution is -3.00. The van der Waals surface area contributed by atoms with Gasteiger partial charge in [0.15, 0.2) is 0 Å². The highest BCUT2D eigenvalue weighted by Crippen LogP contribution is 2.14. The third-order valence-corrected chi connectivity index (χ3v) is 2.06. The Hall–Kier alpha value is -1.06. The third kappa shape index (κ3) is 3.90. The zero-order valence-electron chi connectivity index (χ0n) is 8.78. The monoisotopic (exact) mass is 229 g/mol. The van der Waals surface area contributed by atoms with E-state index in [1.165, 1.54) is 0 Å². The van der Waals surface area contributed by atoms with Crippen molar-refractivity contribution in [2.24, 2.45) is 0 Å². The molecular weight excluding hydrogens is 214 g/mol. The van der Waals surface area contributed by atoms with E-state index >= 15 is 0 Å². The fourth-order valence-electron chi connectivity index (χ4n) is 1.35. The van der Waals surface area contributed by atoms with Crippen LogP contribution < -0.4 is 18.1 Å². The highest BCUT2D eigenvalue weighted by Gasteiger charge is 2.21. The van der Waals surface area contributed by atoms with Crippen LogP contribution in [-0.4, -0.2) is 19.1 Å². The summed E-state index contributed by atoms with van der Waals surface area (Å²) in [6.45, 7) is 2.76. The van der Waals surface area contributed by atoms with Crippen LogP contribution in [-0.2, 0) is 9.53 Å². The fraction of sp³-hybridized carbons (Fsp3) is 0.364. The van der Waals surface area contributed by atoms with Crippen molar-refractivity contribution in [2.45, 2.75) is 12.8 Å². The predicted octanol–water partition coefficient (Wildman–Crippen LogP) is -2.42. The molecule has 0 aliphatic carbocycles. The molecule has 0 aliphatic heterocycles. The Kier molecular flexibility index (Phi) is 6.75. The van der Waals surface area contributed by atoms with Crippen molar-refractivity contribution in [1.82, 2.24) is 0 Å². The Morgan fingerprint density at radius 1 is 1.40 bits per heavy atom. The molecule has 0 heterocycles. The first kappa shape index (κ1) is 13.9. The molecule has 0 bridgehead atoms. The number of benzene rings is 1. The molecule has 1 aromatic rings. The minimum atomic E-state index is -0.226. The van der Waals surface area contributed by atoms with Crippen LogP contribution in [0.2, 0.25) is 0 Å². The Morgan fingerprint density at radius 2 is 2.00 bits per heavy atom. The Bertz CT molecular complexity index is 290. The van der Waals surface area contributed by atoms with Gasteiger partial charge in [0, 0.05) is 0 Å². The highest BCUT2D eigenvalue weighted by molar-refractivity contribution is 5.78. The fourth-order valence-corrected chi connectivity index (χ4v) is 1.35. The summed E-state index contributed by atoms with van der Waals surface area (Å²) in [6.07, 6.45) is 0. The summed E-state index contributed by atoms with van der Waals surface area (Å²) in [5.41, 5.74) is 4.74. The maximum atomic E-state index is 11.5. The van der Waals surface area contributed by atoms with Gasteiger partial charge in [-0.1, -0.05) is 30.3 Å². The molecule has 0 fully saturated rings. The minimum Gasteiger partial charge on any atom is -1.00 e. The van der Waals surface area contributed by atoms with Gasteiger partial charge in [0.25, 0.3) is 0 Å². The largest absolute Gasteiger partial charge is 1.00 e. The van der Waals surface area contributed by atoms with Gasteiger partial charge in [0.2, 0.25) is 0 Å². The highest BCUT2D eigenvalue weighted by atomic mass is 35.5. The van der Waals surface area contributed by atoms with Gasteiger partial charge in [-0.2, -0.15) is 0 Å². The summed E-state index contributed by atoms with van der Waals surface area (Å²) in [7, 11) is 0. The Balaban J connectivity index is 0.00000196. The van der Waals surface area contributed by atoms with Gasteiger partial charge in [0.1, 0.15) is 5.92 Å². The molecule has 3 nitrogen and oxygen atoms in total. The Morgan fingerprint density at radius 3 is 2.47 bits per heavy atom. The molecule has 0 amide bonds. The molecule has 1 unspecified atom stereocenters. The number of rotatable bonds is 4. The van der Waals surface area contributed by atoms with Gasteiger partial charge >= 0.3 is 5.97 Å². The number of carbonyl (C=O) groups is 1. The van der Waals surface area contributed by atoms with Crippen molar-refractivity contribution in [3.63, 3.8) is 0 Å². The maximum Gasteiger partial charge on any atom is 0.319 e. The van der Waals surface area contributed by atoms with Crippen LogP contribution in [0.3, 0.4) is 0 Å². The van der Waals surface area contributed by atoms with E-state index in [1.54, 1.807) is 0 Å². The molecule has 0 radical (unpaired) electrons.